The van der Waals surface area contributed by atoms with Crippen molar-refractivity contribution in [2.45, 2.75) is 57.7 Å². The lowest BCUT2D eigenvalue weighted by Crippen LogP contribution is -2.39. The lowest BCUT2D eigenvalue weighted by molar-refractivity contribution is 0.136. The molecule has 5 heteroatoms. The number of nitrogens with one attached hydrogen (secondary N) is 1. The zero-order valence-electron chi connectivity index (χ0n) is 12.3. The van der Waals surface area contributed by atoms with E-state index in [1.807, 2.05) is 0 Å². The molecule has 114 valence electrons. The van der Waals surface area contributed by atoms with Crippen LogP contribution in [0.2, 0.25) is 0 Å². The molecular weight excluding hydrogens is 274 g/mol. The molecule has 1 fully saturated rings. The minimum atomic E-state index is -0.873. The summed E-state index contributed by atoms with van der Waals surface area (Å²) in [6.45, 7) is 4.23. The number of hydrogen-bond donors (Lipinski definition) is 1. The van der Waals surface area contributed by atoms with Gasteiger partial charge in [0, 0.05) is 24.2 Å². The molecule has 0 spiro atoms. The normalized spacial score (nSPS) is 22.1. The third-order valence-electron chi connectivity index (χ3n) is 3.67. The Kier molecular flexibility index (Phi) is 5.13. The van der Waals surface area contributed by atoms with Gasteiger partial charge in [-0.05, 0) is 25.7 Å². The van der Waals surface area contributed by atoms with Gasteiger partial charge in [0.05, 0.1) is 6.10 Å². The molecular formula is C16H20F2N2O. The molecule has 0 radical (unpaired) electrons. The number of halogens is 2. The van der Waals surface area contributed by atoms with E-state index in [1.165, 1.54) is 6.07 Å². The van der Waals surface area contributed by atoms with Crippen molar-refractivity contribution in [3.05, 3.63) is 29.3 Å². The standard InChI is InChI=1S/C16H20F2N2O/c1-10(2)20-11-3-5-12(6-4-11)21-13-7-15(17)14(9-19)16(18)8-13/h7-8,10-12,20H,3-6H2,1-2H3. The molecule has 1 aromatic rings. The van der Waals surface area contributed by atoms with Crippen molar-refractivity contribution in [2.75, 3.05) is 0 Å². The van der Waals surface area contributed by atoms with Crippen LogP contribution in [0.3, 0.4) is 0 Å². The topological polar surface area (TPSA) is 45.0 Å². The molecule has 2 rings (SSSR count). The third-order valence-corrected chi connectivity index (χ3v) is 3.67. The van der Waals surface area contributed by atoms with Gasteiger partial charge in [-0.1, -0.05) is 13.8 Å². The zero-order chi connectivity index (χ0) is 15.4. The van der Waals surface area contributed by atoms with Gasteiger partial charge in [-0.3, -0.25) is 0 Å². The number of benzene rings is 1. The highest BCUT2D eigenvalue weighted by Crippen LogP contribution is 2.26. The predicted octanol–water partition coefficient (Wildman–Crippen LogP) is 3.52. The van der Waals surface area contributed by atoms with E-state index in [1.54, 1.807) is 0 Å². The lowest BCUT2D eigenvalue weighted by Gasteiger charge is -2.30. The van der Waals surface area contributed by atoms with E-state index < -0.39 is 17.2 Å². The van der Waals surface area contributed by atoms with Gasteiger partial charge in [0.15, 0.2) is 0 Å². The Labute approximate surface area is 123 Å². The number of ether oxygens (including phenoxy) is 1. The second-order valence-electron chi connectivity index (χ2n) is 5.79. The fraction of sp³-hybridized carbons (Fsp3) is 0.562. The summed E-state index contributed by atoms with van der Waals surface area (Å²) >= 11 is 0. The van der Waals surface area contributed by atoms with E-state index in [0.717, 1.165) is 37.8 Å². The van der Waals surface area contributed by atoms with Gasteiger partial charge in [-0.2, -0.15) is 5.26 Å². The summed E-state index contributed by atoms with van der Waals surface area (Å²) in [7, 11) is 0. The molecule has 0 saturated heterocycles. The Morgan fingerprint density at radius 1 is 1.19 bits per heavy atom. The first-order chi connectivity index (χ1) is 9.99. The Bertz CT molecular complexity index is 509. The minimum absolute atomic E-state index is 0.0260. The number of hydrogen-bond acceptors (Lipinski definition) is 3. The van der Waals surface area contributed by atoms with E-state index in [2.05, 4.69) is 19.2 Å². The van der Waals surface area contributed by atoms with Crippen molar-refractivity contribution < 1.29 is 13.5 Å². The molecule has 0 aliphatic heterocycles. The van der Waals surface area contributed by atoms with Gasteiger partial charge in [-0.15, -0.1) is 0 Å². The van der Waals surface area contributed by atoms with Gasteiger partial charge < -0.3 is 10.1 Å². The van der Waals surface area contributed by atoms with Gasteiger partial charge >= 0.3 is 0 Å². The maximum atomic E-state index is 13.5. The van der Waals surface area contributed by atoms with Crippen LogP contribution in [0.25, 0.3) is 0 Å². The average Bonchev–Trinajstić information content (AvgIpc) is 2.40. The lowest BCUT2D eigenvalue weighted by atomic mass is 9.92. The van der Waals surface area contributed by atoms with E-state index >= 15 is 0 Å². The van der Waals surface area contributed by atoms with Crippen molar-refractivity contribution in [2.24, 2.45) is 0 Å². The molecule has 1 aromatic carbocycles. The summed E-state index contributed by atoms with van der Waals surface area (Å²) in [6.07, 6.45) is 3.66. The maximum Gasteiger partial charge on any atom is 0.147 e. The van der Waals surface area contributed by atoms with Crippen LogP contribution in [0.4, 0.5) is 8.78 Å². The van der Waals surface area contributed by atoms with Gasteiger partial charge in [0.1, 0.15) is 29.0 Å². The smallest absolute Gasteiger partial charge is 0.147 e. The van der Waals surface area contributed by atoms with Crippen molar-refractivity contribution >= 4 is 0 Å². The Hall–Kier alpha value is -1.67. The van der Waals surface area contributed by atoms with Crippen LogP contribution in [-0.2, 0) is 0 Å². The molecule has 1 aliphatic rings. The molecule has 0 amide bonds. The fourth-order valence-corrected chi connectivity index (χ4v) is 2.74. The minimum Gasteiger partial charge on any atom is -0.490 e. The highest BCUT2D eigenvalue weighted by Gasteiger charge is 2.23. The largest absolute Gasteiger partial charge is 0.490 e. The highest BCUT2D eigenvalue weighted by atomic mass is 19.1. The van der Waals surface area contributed by atoms with Crippen LogP contribution in [0.5, 0.6) is 5.75 Å². The Morgan fingerprint density at radius 3 is 2.24 bits per heavy atom. The summed E-state index contributed by atoms with van der Waals surface area (Å²) < 4.78 is 32.7. The summed E-state index contributed by atoms with van der Waals surface area (Å²) in [5.74, 6) is -1.59. The molecule has 0 bridgehead atoms. The monoisotopic (exact) mass is 294 g/mol. The van der Waals surface area contributed by atoms with Crippen molar-refractivity contribution in [1.29, 1.82) is 5.26 Å². The quantitative estimate of drug-likeness (QED) is 0.924. The summed E-state index contributed by atoms with van der Waals surface area (Å²) in [5, 5.41) is 12.1. The van der Waals surface area contributed by atoms with E-state index in [9.17, 15) is 8.78 Å². The van der Waals surface area contributed by atoms with Crippen LogP contribution in [0.1, 0.15) is 45.1 Å². The van der Waals surface area contributed by atoms with Crippen LogP contribution >= 0.6 is 0 Å². The van der Waals surface area contributed by atoms with Gasteiger partial charge in [0.2, 0.25) is 0 Å². The van der Waals surface area contributed by atoms with E-state index in [4.69, 9.17) is 10.00 Å². The summed E-state index contributed by atoms with van der Waals surface area (Å²) in [6, 6.07) is 4.61. The first-order valence-corrected chi connectivity index (χ1v) is 7.31. The summed E-state index contributed by atoms with van der Waals surface area (Å²) in [5.41, 5.74) is -0.563. The van der Waals surface area contributed by atoms with Crippen LogP contribution in [0.15, 0.2) is 12.1 Å². The van der Waals surface area contributed by atoms with Crippen molar-refractivity contribution in [3.8, 4) is 11.8 Å². The molecule has 1 aliphatic carbocycles. The molecule has 0 atom stereocenters. The highest BCUT2D eigenvalue weighted by molar-refractivity contribution is 5.37. The third kappa shape index (κ3) is 4.15. The molecule has 0 aromatic heterocycles. The average molecular weight is 294 g/mol. The van der Waals surface area contributed by atoms with Crippen LogP contribution < -0.4 is 10.1 Å². The second-order valence-corrected chi connectivity index (χ2v) is 5.79. The second kappa shape index (κ2) is 6.86. The molecule has 21 heavy (non-hydrogen) atoms. The Balaban J connectivity index is 1.94. The SMILES string of the molecule is CC(C)NC1CCC(Oc2cc(F)c(C#N)c(F)c2)CC1. The predicted molar refractivity (Wildman–Crippen MR) is 76.0 cm³/mol. The maximum absolute atomic E-state index is 13.5. The molecule has 1 saturated carbocycles. The van der Waals surface area contributed by atoms with Crippen LogP contribution in [-0.4, -0.2) is 18.2 Å². The van der Waals surface area contributed by atoms with Crippen LogP contribution in [0, 0.1) is 23.0 Å². The number of rotatable bonds is 4. The number of nitrogens with zero attached hydrogens (tertiary/aromatic N) is 1. The summed E-state index contributed by atoms with van der Waals surface area (Å²) in [4.78, 5) is 0. The Morgan fingerprint density at radius 2 is 1.76 bits per heavy atom. The first kappa shape index (κ1) is 15.7. The van der Waals surface area contributed by atoms with E-state index in [0.29, 0.717) is 12.1 Å². The molecule has 0 unspecified atom stereocenters. The van der Waals surface area contributed by atoms with Crippen molar-refractivity contribution in [1.82, 2.24) is 5.32 Å². The zero-order valence-corrected chi connectivity index (χ0v) is 12.3. The number of nitriles is 1. The molecule has 3 nitrogen and oxygen atoms in total. The fourth-order valence-electron chi connectivity index (χ4n) is 2.74. The molecule has 0 heterocycles. The van der Waals surface area contributed by atoms with E-state index in [-0.39, 0.29) is 11.9 Å². The van der Waals surface area contributed by atoms with Gasteiger partial charge in [0.25, 0.3) is 0 Å². The molecule has 1 N–H and O–H groups in total. The first-order valence-electron chi connectivity index (χ1n) is 7.31. The van der Waals surface area contributed by atoms with Crippen molar-refractivity contribution in [3.63, 3.8) is 0 Å². The van der Waals surface area contributed by atoms with Gasteiger partial charge in [-0.25, -0.2) is 8.78 Å².